The summed E-state index contributed by atoms with van der Waals surface area (Å²) in [5.74, 6) is 1.61. The summed E-state index contributed by atoms with van der Waals surface area (Å²) in [5, 5.41) is 2.91. The Kier molecular flexibility index (Phi) is 2.34. The van der Waals surface area contributed by atoms with Crippen LogP contribution in [-0.2, 0) is 4.79 Å². The largest absolute Gasteiger partial charge is 0.312 e. The molecular formula is C10H16N2O. The monoisotopic (exact) mass is 180 g/mol. The fourth-order valence-corrected chi connectivity index (χ4v) is 2.15. The Bertz CT molecular complexity index is 241. The van der Waals surface area contributed by atoms with Crippen molar-refractivity contribution in [2.24, 2.45) is 10.9 Å². The lowest BCUT2D eigenvalue weighted by atomic mass is 10.1. The Labute approximate surface area is 78.6 Å². The maximum Gasteiger partial charge on any atom is 0.250 e. The minimum Gasteiger partial charge on any atom is -0.312 e. The second-order valence-corrected chi connectivity index (χ2v) is 3.91. The van der Waals surface area contributed by atoms with Gasteiger partial charge in [-0.15, -0.1) is 0 Å². The van der Waals surface area contributed by atoms with Gasteiger partial charge in [0.05, 0.1) is 0 Å². The van der Waals surface area contributed by atoms with Gasteiger partial charge in [0, 0.05) is 5.92 Å². The fraction of sp³-hybridized carbons (Fsp3) is 0.800. The first kappa shape index (κ1) is 8.73. The Morgan fingerprint density at radius 3 is 2.69 bits per heavy atom. The molecule has 1 unspecified atom stereocenters. The van der Waals surface area contributed by atoms with E-state index in [1.807, 2.05) is 6.92 Å². The summed E-state index contributed by atoms with van der Waals surface area (Å²) < 4.78 is 0. The molecule has 1 N–H and O–H groups in total. The molecule has 0 bridgehead atoms. The first-order valence-corrected chi connectivity index (χ1v) is 5.20. The molecule has 0 aromatic carbocycles. The molecule has 2 aliphatic rings. The van der Waals surface area contributed by atoms with E-state index < -0.39 is 0 Å². The zero-order chi connectivity index (χ0) is 9.26. The van der Waals surface area contributed by atoms with E-state index in [4.69, 9.17) is 0 Å². The summed E-state index contributed by atoms with van der Waals surface area (Å²) >= 11 is 0. The highest BCUT2D eigenvalue weighted by Gasteiger charge is 2.30. The average Bonchev–Trinajstić information content (AvgIpc) is 2.71. The zero-order valence-corrected chi connectivity index (χ0v) is 8.05. The van der Waals surface area contributed by atoms with Gasteiger partial charge in [-0.1, -0.05) is 19.8 Å². The molecule has 2 rings (SSSR count). The quantitative estimate of drug-likeness (QED) is 0.687. The zero-order valence-electron chi connectivity index (χ0n) is 8.05. The molecule has 1 fully saturated rings. The second-order valence-electron chi connectivity index (χ2n) is 3.91. The highest BCUT2D eigenvalue weighted by molar-refractivity contribution is 6.06. The van der Waals surface area contributed by atoms with E-state index in [1.54, 1.807) is 0 Å². The van der Waals surface area contributed by atoms with Crippen molar-refractivity contribution in [2.75, 3.05) is 0 Å². The van der Waals surface area contributed by atoms with Gasteiger partial charge >= 0.3 is 0 Å². The lowest BCUT2D eigenvalue weighted by Crippen LogP contribution is -2.31. The maximum atomic E-state index is 11.3. The number of nitrogens with one attached hydrogen (secondary N) is 1. The number of carbonyl (C=O) groups excluding carboxylic acids is 1. The number of aliphatic imine (C=N–C) groups is 1. The number of carbonyl (C=O) groups is 1. The molecule has 3 heteroatoms. The van der Waals surface area contributed by atoms with Crippen LogP contribution in [0.5, 0.6) is 0 Å². The smallest absolute Gasteiger partial charge is 0.250 e. The summed E-state index contributed by atoms with van der Waals surface area (Å²) in [5.41, 5.74) is 0. The van der Waals surface area contributed by atoms with Crippen LogP contribution in [0.25, 0.3) is 0 Å². The lowest BCUT2D eigenvalue weighted by Gasteiger charge is -2.07. The Balaban J connectivity index is 2.04. The predicted molar refractivity (Wildman–Crippen MR) is 51.6 cm³/mol. The first-order valence-electron chi connectivity index (χ1n) is 5.20. The van der Waals surface area contributed by atoms with Crippen molar-refractivity contribution in [2.45, 2.75) is 45.1 Å². The average molecular weight is 180 g/mol. The summed E-state index contributed by atoms with van der Waals surface area (Å²) in [6.07, 6.45) is 5.81. The Morgan fingerprint density at radius 1 is 1.46 bits per heavy atom. The number of rotatable bonds is 2. The van der Waals surface area contributed by atoms with E-state index in [0.717, 1.165) is 12.3 Å². The van der Waals surface area contributed by atoms with E-state index in [2.05, 4.69) is 10.3 Å². The second kappa shape index (κ2) is 3.48. The van der Waals surface area contributed by atoms with Gasteiger partial charge < -0.3 is 5.32 Å². The van der Waals surface area contributed by atoms with E-state index in [9.17, 15) is 4.79 Å². The van der Waals surface area contributed by atoms with Crippen LogP contribution in [0.3, 0.4) is 0 Å². The Morgan fingerprint density at radius 2 is 2.15 bits per heavy atom. The van der Waals surface area contributed by atoms with E-state index in [-0.39, 0.29) is 11.9 Å². The minimum absolute atomic E-state index is 0.101. The summed E-state index contributed by atoms with van der Waals surface area (Å²) in [6.45, 7) is 2.01. The number of hydrogen-bond acceptors (Lipinski definition) is 2. The highest BCUT2D eigenvalue weighted by Crippen LogP contribution is 2.27. The van der Waals surface area contributed by atoms with Gasteiger partial charge in [0.1, 0.15) is 11.9 Å². The molecule has 13 heavy (non-hydrogen) atoms. The number of amides is 1. The molecule has 1 aliphatic carbocycles. The third-order valence-corrected chi connectivity index (χ3v) is 2.98. The molecule has 3 nitrogen and oxygen atoms in total. The van der Waals surface area contributed by atoms with Crippen LogP contribution in [0.15, 0.2) is 4.99 Å². The summed E-state index contributed by atoms with van der Waals surface area (Å²) in [6, 6.07) is -0.101. The van der Waals surface area contributed by atoms with Gasteiger partial charge in [0.2, 0.25) is 5.91 Å². The first-order chi connectivity index (χ1) is 6.31. The molecule has 72 valence electrons. The molecule has 1 saturated carbocycles. The van der Waals surface area contributed by atoms with Crippen molar-refractivity contribution in [1.29, 1.82) is 0 Å². The maximum absolute atomic E-state index is 11.3. The standard InChI is InChI=1S/C10H16N2O/c1-2-8-10(13)12-9(11-8)7-5-3-4-6-7/h7-8H,2-6H2,1H3,(H,11,12,13). The third kappa shape index (κ3) is 1.60. The van der Waals surface area contributed by atoms with Gasteiger partial charge in [-0.05, 0) is 19.3 Å². The van der Waals surface area contributed by atoms with E-state index in [1.165, 1.54) is 25.7 Å². The van der Waals surface area contributed by atoms with Crippen LogP contribution in [0.2, 0.25) is 0 Å². The molecule has 1 amide bonds. The topological polar surface area (TPSA) is 41.5 Å². The van der Waals surface area contributed by atoms with Crippen LogP contribution in [0, 0.1) is 5.92 Å². The number of amidine groups is 1. The number of hydrogen-bond donors (Lipinski definition) is 1. The van der Waals surface area contributed by atoms with Gasteiger partial charge in [0.15, 0.2) is 0 Å². The van der Waals surface area contributed by atoms with E-state index in [0.29, 0.717) is 5.92 Å². The van der Waals surface area contributed by atoms with Crippen molar-refractivity contribution >= 4 is 11.7 Å². The van der Waals surface area contributed by atoms with Crippen LogP contribution >= 0.6 is 0 Å². The Hall–Kier alpha value is -0.860. The van der Waals surface area contributed by atoms with Crippen molar-refractivity contribution in [3.63, 3.8) is 0 Å². The minimum atomic E-state index is -0.101. The van der Waals surface area contributed by atoms with Crippen molar-refractivity contribution in [3.8, 4) is 0 Å². The van der Waals surface area contributed by atoms with Gasteiger partial charge in [-0.3, -0.25) is 9.79 Å². The van der Waals surface area contributed by atoms with Gasteiger partial charge in [-0.2, -0.15) is 0 Å². The van der Waals surface area contributed by atoms with Crippen LogP contribution in [0.4, 0.5) is 0 Å². The molecular weight excluding hydrogens is 164 g/mol. The number of nitrogens with zero attached hydrogens (tertiary/aromatic N) is 1. The van der Waals surface area contributed by atoms with Crippen molar-refractivity contribution < 1.29 is 4.79 Å². The predicted octanol–water partition coefficient (Wildman–Crippen LogP) is 1.48. The fourth-order valence-electron chi connectivity index (χ4n) is 2.15. The molecule has 0 aromatic rings. The molecule has 0 aromatic heterocycles. The van der Waals surface area contributed by atoms with Crippen LogP contribution < -0.4 is 5.32 Å². The van der Waals surface area contributed by atoms with Gasteiger partial charge in [-0.25, -0.2) is 0 Å². The lowest BCUT2D eigenvalue weighted by molar-refractivity contribution is -0.120. The molecule has 0 saturated heterocycles. The SMILES string of the molecule is CCC1N=C(C2CCCC2)NC1=O. The molecule has 0 spiro atoms. The highest BCUT2D eigenvalue weighted by atomic mass is 16.2. The third-order valence-electron chi connectivity index (χ3n) is 2.98. The molecule has 1 heterocycles. The molecule has 0 radical (unpaired) electrons. The van der Waals surface area contributed by atoms with Crippen molar-refractivity contribution in [3.05, 3.63) is 0 Å². The van der Waals surface area contributed by atoms with Crippen LogP contribution in [0.1, 0.15) is 39.0 Å². The normalized spacial score (nSPS) is 29.2. The van der Waals surface area contributed by atoms with Crippen LogP contribution in [-0.4, -0.2) is 17.8 Å². The summed E-state index contributed by atoms with van der Waals surface area (Å²) in [7, 11) is 0. The van der Waals surface area contributed by atoms with Crippen molar-refractivity contribution in [1.82, 2.24) is 5.32 Å². The molecule has 1 atom stereocenters. The van der Waals surface area contributed by atoms with E-state index >= 15 is 0 Å². The summed E-state index contributed by atoms with van der Waals surface area (Å²) in [4.78, 5) is 15.8. The van der Waals surface area contributed by atoms with Gasteiger partial charge in [0.25, 0.3) is 0 Å². The molecule has 1 aliphatic heterocycles.